The molecule has 0 unspecified atom stereocenters. The molecule has 0 bridgehead atoms. The fraction of sp³-hybridized carbons (Fsp3) is 0.300. The minimum Gasteiger partial charge on any atom is -0.369 e. The third-order valence-electron chi connectivity index (χ3n) is 3.34. The van der Waals surface area contributed by atoms with Gasteiger partial charge in [0.1, 0.15) is 0 Å². The Bertz CT molecular complexity index is 583. The Labute approximate surface area is 133 Å². The highest BCUT2D eigenvalue weighted by molar-refractivity contribution is 5.33. The van der Waals surface area contributed by atoms with Gasteiger partial charge in [-0.3, -0.25) is 4.90 Å². The molecule has 2 rings (SSSR count). The molecule has 2 heteroatoms. The summed E-state index contributed by atoms with van der Waals surface area (Å²) in [6.07, 6.45) is 1.96. The first-order chi connectivity index (χ1) is 10.9. The van der Waals surface area contributed by atoms with E-state index >= 15 is 0 Å². The summed E-state index contributed by atoms with van der Waals surface area (Å²) in [7, 11) is 1.74. The molecular weight excluding hydrogens is 270 g/mol. The monoisotopic (exact) mass is 293 g/mol. The molecule has 2 aromatic carbocycles. The summed E-state index contributed by atoms with van der Waals surface area (Å²) in [5.41, 5.74) is 2.40. The summed E-state index contributed by atoms with van der Waals surface area (Å²) in [5.74, 6) is 6.45. The van der Waals surface area contributed by atoms with Gasteiger partial charge >= 0.3 is 0 Å². The molecule has 0 saturated heterocycles. The van der Waals surface area contributed by atoms with Gasteiger partial charge in [-0.1, -0.05) is 60.4 Å². The van der Waals surface area contributed by atoms with Gasteiger partial charge in [0, 0.05) is 32.2 Å². The number of nitrogens with zero attached hydrogens (tertiary/aromatic N) is 1. The number of rotatable bonds is 7. The van der Waals surface area contributed by atoms with Gasteiger partial charge in [0.25, 0.3) is 0 Å². The van der Waals surface area contributed by atoms with Crippen molar-refractivity contribution in [3.8, 4) is 11.8 Å². The molecule has 0 spiro atoms. The molecule has 0 heterocycles. The van der Waals surface area contributed by atoms with E-state index in [1.54, 1.807) is 7.11 Å². The normalized spacial score (nSPS) is 10.3. The molecule has 2 nitrogen and oxygen atoms in total. The lowest BCUT2D eigenvalue weighted by Crippen LogP contribution is -2.26. The van der Waals surface area contributed by atoms with Gasteiger partial charge < -0.3 is 4.74 Å². The second kappa shape index (κ2) is 9.78. The largest absolute Gasteiger partial charge is 0.369 e. The summed E-state index contributed by atoms with van der Waals surface area (Å²) in [5, 5.41) is 0. The Hall–Kier alpha value is -2.08. The summed E-state index contributed by atoms with van der Waals surface area (Å²) in [6.45, 7) is 2.56. The average molecular weight is 293 g/mol. The summed E-state index contributed by atoms with van der Waals surface area (Å²) >= 11 is 0. The number of hydrogen-bond donors (Lipinski definition) is 0. The highest BCUT2D eigenvalue weighted by Crippen LogP contribution is 2.06. The van der Waals surface area contributed by atoms with Crippen LogP contribution in [0.5, 0.6) is 0 Å². The van der Waals surface area contributed by atoms with Crippen molar-refractivity contribution in [1.82, 2.24) is 4.90 Å². The molecule has 0 N–H and O–H groups in total. The Balaban J connectivity index is 1.76. The highest BCUT2D eigenvalue weighted by Gasteiger charge is 2.04. The van der Waals surface area contributed by atoms with E-state index in [4.69, 9.17) is 4.74 Å². The molecular formula is C20H23NO. The minimum absolute atomic E-state index is 0.654. The van der Waals surface area contributed by atoms with E-state index in [2.05, 4.69) is 41.0 Å². The van der Waals surface area contributed by atoms with Crippen LogP contribution in [0.25, 0.3) is 0 Å². The van der Waals surface area contributed by atoms with E-state index in [1.807, 2.05) is 36.4 Å². The Morgan fingerprint density at radius 1 is 0.955 bits per heavy atom. The van der Waals surface area contributed by atoms with Crippen LogP contribution in [-0.2, 0) is 11.3 Å². The number of benzene rings is 2. The third kappa shape index (κ3) is 6.13. The quantitative estimate of drug-likeness (QED) is 0.436. The van der Waals surface area contributed by atoms with Crippen molar-refractivity contribution < 1.29 is 4.74 Å². The average Bonchev–Trinajstić information content (AvgIpc) is 2.56. The predicted molar refractivity (Wildman–Crippen MR) is 91.3 cm³/mol. The van der Waals surface area contributed by atoms with Crippen LogP contribution in [0.4, 0.5) is 0 Å². The Kier molecular flexibility index (Phi) is 7.25. The maximum absolute atomic E-state index is 5.29. The van der Waals surface area contributed by atoms with Gasteiger partial charge in [-0.25, -0.2) is 0 Å². The zero-order chi connectivity index (χ0) is 15.5. The Morgan fingerprint density at radius 3 is 2.32 bits per heavy atom. The summed E-state index contributed by atoms with van der Waals surface area (Å²) in [4.78, 5) is 2.31. The first-order valence-corrected chi connectivity index (χ1v) is 7.67. The van der Waals surface area contributed by atoms with Gasteiger partial charge in [-0.15, -0.1) is 0 Å². The minimum atomic E-state index is 0.654. The lowest BCUT2D eigenvalue weighted by molar-refractivity contribution is 0.0573. The van der Waals surface area contributed by atoms with Gasteiger partial charge in [0.05, 0.1) is 6.73 Å². The molecule has 2 aromatic rings. The molecule has 0 radical (unpaired) electrons. The first-order valence-electron chi connectivity index (χ1n) is 7.67. The fourth-order valence-electron chi connectivity index (χ4n) is 2.29. The van der Waals surface area contributed by atoms with E-state index in [0.717, 1.165) is 31.5 Å². The lowest BCUT2D eigenvalue weighted by Gasteiger charge is -2.20. The zero-order valence-corrected chi connectivity index (χ0v) is 13.2. The molecule has 0 aliphatic heterocycles. The molecule has 0 amide bonds. The third-order valence-corrected chi connectivity index (χ3v) is 3.34. The van der Waals surface area contributed by atoms with E-state index in [9.17, 15) is 0 Å². The second-order valence-corrected chi connectivity index (χ2v) is 5.23. The maximum Gasteiger partial charge on any atom is 0.0989 e. The van der Waals surface area contributed by atoms with E-state index < -0.39 is 0 Å². The maximum atomic E-state index is 5.29. The van der Waals surface area contributed by atoms with Gasteiger partial charge in [0.15, 0.2) is 0 Å². The molecule has 0 saturated carbocycles. The van der Waals surface area contributed by atoms with E-state index in [-0.39, 0.29) is 0 Å². The van der Waals surface area contributed by atoms with Crippen molar-refractivity contribution in [2.45, 2.75) is 19.4 Å². The van der Waals surface area contributed by atoms with E-state index in [0.29, 0.717) is 6.73 Å². The van der Waals surface area contributed by atoms with Crippen molar-refractivity contribution in [3.05, 3.63) is 71.8 Å². The first kappa shape index (κ1) is 16.3. The zero-order valence-electron chi connectivity index (χ0n) is 13.2. The van der Waals surface area contributed by atoms with Gasteiger partial charge in [-0.05, 0) is 24.1 Å². The number of unbranched alkanes of at least 4 members (excludes halogenated alkanes) is 1. The highest BCUT2D eigenvalue weighted by atomic mass is 16.5. The molecule has 0 aliphatic carbocycles. The molecule has 114 valence electrons. The Morgan fingerprint density at radius 2 is 1.64 bits per heavy atom. The fourth-order valence-corrected chi connectivity index (χ4v) is 2.29. The predicted octanol–water partition coefficient (Wildman–Crippen LogP) is 3.92. The number of ether oxygens (including phenoxy) is 1. The second-order valence-electron chi connectivity index (χ2n) is 5.23. The lowest BCUT2D eigenvalue weighted by atomic mass is 10.2. The number of hydrogen-bond acceptors (Lipinski definition) is 2. The van der Waals surface area contributed by atoms with Crippen LogP contribution < -0.4 is 0 Å². The summed E-state index contributed by atoms with van der Waals surface area (Å²) in [6, 6.07) is 20.6. The van der Waals surface area contributed by atoms with Crippen LogP contribution in [0.1, 0.15) is 24.0 Å². The van der Waals surface area contributed by atoms with Gasteiger partial charge in [0.2, 0.25) is 0 Å². The van der Waals surface area contributed by atoms with E-state index in [1.165, 1.54) is 5.56 Å². The SMILES string of the molecule is COCN(CCCC#Cc1ccccc1)Cc1ccccc1. The van der Waals surface area contributed by atoms with Crippen molar-refractivity contribution in [3.63, 3.8) is 0 Å². The van der Waals surface area contributed by atoms with Crippen LogP contribution in [0.3, 0.4) is 0 Å². The standard InChI is InChI=1S/C20H23NO/c1-22-18-21(17-20-14-7-3-8-15-20)16-10-4-9-13-19-11-5-2-6-12-19/h2-3,5-8,11-12,14-15H,4,10,16-18H2,1H3. The molecule has 22 heavy (non-hydrogen) atoms. The molecule has 0 aromatic heterocycles. The van der Waals surface area contributed by atoms with Crippen LogP contribution >= 0.6 is 0 Å². The van der Waals surface area contributed by atoms with Crippen molar-refractivity contribution in [2.75, 3.05) is 20.4 Å². The van der Waals surface area contributed by atoms with Crippen LogP contribution in [-0.4, -0.2) is 25.3 Å². The van der Waals surface area contributed by atoms with Gasteiger partial charge in [-0.2, -0.15) is 0 Å². The van der Waals surface area contributed by atoms with Crippen LogP contribution in [0.2, 0.25) is 0 Å². The molecule has 0 atom stereocenters. The van der Waals surface area contributed by atoms with Crippen molar-refractivity contribution in [2.24, 2.45) is 0 Å². The topological polar surface area (TPSA) is 12.5 Å². The van der Waals surface area contributed by atoms with Crippen LogP contribution in [0, 0.1) is 11.8 Å². The van der Waals surface area contributed by atoms with Crippen LogP contribution in [0.15, 0.2) is 60.7 Å². The smallest absolute Gasteiger partial charge is 0.0989 e. The number of methoxy groups -OCH3 is 1. The summed E-state index contributed by atoms with van der Waals surface area (Å²) < 4.78 is 5.29. The molecule has 0 fully saturated rings. The molecule has 0 aliphatic rings. The van der Waals surface area contributed by atoms with Crippen molar-refractivity contribution >= 4 is 0 Å². The van der Waals surface area contributed by atoms with Crippen molar-refractivity contribution in [1.29, 1.82) is 0 Å².